The van der Waals surface area contributed by atoms with E-state index in [1.807, 2.05) is 20.8 Å². The van der Waals surface area contributed by atoms with Crippen molar-refractivity contribution >= 4 is 11.9 Å². The zero-order chi connectivity index (χ0) is 12.9. The van der Waals surface area contributed by atoms with Crippen molar-refractivity contribution in [1.29, 1.82) is 0 Å². The van der Waals surface area contributed by atoms with Gasteiger partial charge in [-0.05, 0) is 27.7 Å². The van der Waals surface area contributed by atoms with Gasteiger partial charge in [0.2, 0.25) is 0 Å². The lowest BCUT2D eigenvalue weighted by molar-refractivity contribution is -0.138. The summed E-state index contributed by atoms with van der Waals surface area (Å²) < 4.78 is 4.73. The molecule has 0 saturated heterocycles. The zero-order valence-corrected chi connectivity index (χ0v) is 10.3. The number of amides is 1. The van der Waals surface area contributed by atoms with Gasteiger partial charge in [0.1, 0.15) is 0 Å². The van der Waals surface area contributed by atoms with Crippen LogP contribution in [0.15, 0.2) is 24.3 Å². The van der Waals surface area contributed by atoms with Crippen LogP contribution in [0, 0.1) is 0 Å². The smallest absolute Gasteiger partial charge is 0.338 e. The number of nitrogens with one attached hydrogen (secondary N) is 1. The molecule has 0 unspecified atom stereocenters. The molecule has 16 heavy (non-hydrogen) atoms. The second kappa shape index (κ2) is 5.49. The summed E-state index contributed by atoms with van der Waals surface area (Å²) in [5, 5.41) is 2.69. The Bertz CT molecular complexity index is 324. The summed E-state index contributed by atoms with van der Waals surface area (Å²) in [4.78, 5) is 22.9. The maximum atomic E-state index is 11.6. The third-order valence-electron chi connectivity index (χ3n) is 1.65. The van der Waals surface area contributed by atoms with Crippen LogP contribution in [0.2, 0.25) is 0 Å². The lowest BCUT2D eigenvalue weighted by Crippen LogP contribution is -2.41. The molecular formula is C12H19NO3. The first-order valence-electron chi connectivity index (χ1n) is 5.07. The standard InChI is InChI=1S/C12H19NO3/c1-7-16-11(15)9(3)8(2)10(14)13-12(4,5)6/h2-3,7H2,1,4-6H3,(H,13,14). The molecular weight excluding hydrogens is 206 g/mol. The van der Waals surface area contributed by atoms with Crippen LogP contribution >= 0.6 is 0 Å². The number of carbonyl (C=O) groups is 2. The fraction of sp³-hybridized carbons (Fsp3) is 0.500. The van der Waals surface area contributed by atoms with Gasteiger partial charge < -0.3 is 10.1 Å². The van der Waals surface area contributed by atoms with Crippen LogP contribution in [0.4, 0.5) is 0 Å². The molecule has 0 aliphatic rings. The van der Waals surface area contributed by atoms with Gasteiger partial charge in [0.15, 0.2) is 0 Å². The SMILES string of the molecule is C=C(C(=C)C(=O)OCC)C(=O)NC(C)(C)C. The first-order chi connectivity index (χ1) is 7.19. The highest BCUT2D eigenvalue weighted by Gasteiger charge is 2.21. The van der Waals surface area contributed by atoms with Crippen LogP contribution < -0.4 is 5.32 Å². The Hall–Kier alpha value is -1.58. The molecule has 0 spiro atoms. The minimum Gasteiger partial charge on any atom is -0.462 e. The van der Waals surface area contributed by atoms with Crippen molar-refractivity contribution in [3.63, 3.8) is 0 Å². The Balaban J connectivity index is 4.51. The molecule has 0 radical (unpaired) electrons. The van der Waals surface area contributed by atoms with Crippen LogP contribution in [0.5, 0.6) is 0 Å². The number of hydrogen-bond donors (Lipinski definition) is 1. The Labute approximate surface area is 96.4 Å². The number of ether oxygens (including phenoxy) is 1. The van der Waals surface area contributed by atoms with Crippen molar-refractivity contribution < 1.29 is 14.3 Å². The van der Waals surface area contributed by atoms with Gasteiger partial charge >= 0.3 is 5.97 Å². The third-order valence-corrected chi connectivity index (χ3v) is 1.65. The molecule has 0 heterocycles. The monoisotopic (exact) mass is 225 g/mol. The van der Waals surface area contributed by atoms with Crippen LogP contribution in [0.1, 0.15) is 27.7 Å². The minimum absolute atomic E-state index is 0.0106. The maximum Gasteiger partial charge on any atom is 0.338 e. The van der Waals surface area contributed by atoms with E-state index in [0.29, 0.717) is 0 Å². The van der Waals surface area contributed by atoms with Crippen molar-refractivity contribution in [3.05, 3.63) is 24.3 Å². The molecule has 0 saturated carbocycles. The molecule has 0 rings (SSSR count). The number of carbonyl (C=O) groups excluding carboxylic acids is 2. The molecule has 0 fully saturated rings. The lowest BCUT2D eigenvalue weighted by Gasteiger charge is -2.21. The Morgan fingerprint density at radius 1 is 1.19 bits per heavy atom. The second-order valence-corrected chi connectivity index (χ2v) is 4.38. The van der Waals surface area contributed by atoms with Crippen molar-refractivity contribution in [2.24, 2.45) is 0 Å². The Morgan fingerprint density at radius 2 is 1.69 bits per heavy atom. The summed E-state index contributed by atoms with van der Waals surface area (Å²) >= 11 is 0. The molecule has 90 valence electrons. The first-order valence-corrected chi connectivity index (χ1v) is 5.07. The molecule has 0 aromatic carbocycles. The van der Waals surface area contributed by atoms with Crippen molar-refractivity contribution in [1.82, 2.24) is 5.32 Å². The normalized spacial score (nSPS) is 10.5. The van der Waals surface area contributed by atoms with E-state index in [2.05, 4.69) is 18.5 Å². The fourth-order valence-electron chi connectivity index (χ4n) is 0.894. The molecule has 0 aliphatic carbocycles. The Kier molecular flexibility index (Phi) is 4.95. The van der Waals surface area contributed by atoms with Crippen LogP contribution in [0.25, 0.3) is 0 Å². The van der Waals surface area contributed by atoms with E-state index < -0.39 is 11.9 Å². The molecule has 0 aromatic rings. The van der Waals surface area contributed by atoms with E-state index in [9.17, 15) is 9.59 Å². The highest BCUT2D eigenvalue weighted by molar-refractivity contribution is 6.08. The van der Waals surface area contributed by atoms with Gasteiger partial charge in [0.25, 0.3) is 5.91 Å². The lowest BCUT2D eigenvalue weighted by atomic mass is 10.1. The van der Waals surface area contributed by atoms with Crippen molar-refractivity contribution in [2.45, 2.75) is 33.2 Å². The molecule has 1 amide bonds. The highest BCUT2D eigenvalue weighted by atomic mass is 16.5. The van der Waals surface area contributed by atoms with E-state index in [4.69, 9.17) is 4.74 Å². The summed E-state index contributed by atoms with van der Waals surface area (Å²) in [6, 6.07) is 0. The van der Waals surface area contributed by atoms with E-state index in [-0.39, 0.29) is 23.3 Å². The predicted octanol–water partition coefficient (Wildman–Crippen LogP) is 1.58. The highest BCUT2D eigenvalue weighted by Crippen LogP contribution is 2.10. The number of hydrogen-bond acceptors (Lipinski definition) is 3. The zero-order valence-electron chi connectivity index (χ0n) is 10.3. The Morgan fingerprint density at radius 3 is 2.06 bits per heavy atom. The van der Waals surface area contributed by atoms with Crippen LogP contribution in [-0.4, -0.2) is 24.0 Å². The van der Waals surface area contributed by atoms with Crippen LogP contribution in [-0.2, 0) is 14.3 Å². The molecule has 4 nitrogen and oxygen atoms in total. The van der Waals surface area contributed by atoms with Gasteiger partial charge in [-0.2, -0.15) is 0 Å². The number of esters is 1. The first kappa shape index (κ1) is 14.4. The van der Waals surface area contributed by atoms with Gasteiger partial charge in [0.05, 0.1) is 12.2 Å². The van der Waals surface area contributed by atoms with Crippen molar-refractivity contribution in [3.8, 4) is 0 Å². The van der Waals surface area contributed by atoms with E-state index in [1.54, 1.807) is 6.92 Å². The summed E-state index contributed by atoms with van der Waals surface area (Å²) in [5.74, 6) is -1.03. The van der Waals surface area contributed by atoms with Gasteiger partial charge in [-0.25, -0.2) is 4.79 Å². The predicted molar refractivity (Wildman–Crippen MR) is 62.8 cm³/mol. The molecule has 0 bridgehead atoms. The van der Waals surface area contributed by atoms with Gasteiger partial charge in [-0.3, -0.25) is 4.79 Å². The molecule has 0 atom stereocenters. The summed E-state index contributed by atoms with van der Waals surface area (Å²) in [5.41, 5.74) is -0.355. The largest absolute Gasteiger partial charge is 0.462 e. The topological polar surface area (TPSA) is 55.4 Å². The molecule has 0 aliphatic heterocycles. The third kappa shape index (κ3) is 4.77. The average Bonchev–Trinajstić information content (AvgIpc) is 2.13. The summed E-state index contributed by atoms with van der Waals surface area (Å²) in [7, 11) is 0. The van der Waals surface area contributed by atoms with E-state index in [1.165, 1.54) is 0 Å². The van der Waals surface area contributed by atoms with E-state index in [0.717, 1.165) is 0 Å². The molecule has 1 N–H and O–H groups in total. The van der Waals surface area contributed by atoms with Crippen molar-refractivity contribution in [2.75, 3.05) is 6.61 Å². The van der Waals surface area contributed by atoms with Gasteiger partial charge in [0, 0.05) is 11.1 Å². The number of rotatable bonds is 4. The summed E-state index contributed by atoms with van der Waals surface area (Å²) in [6.45, 7) is 14.5. The molecule has 4 heteroatoms. The minimum atomic E-state index is -0.614. The van der Waals surface area contributed by atoms with E-state index >= 15 is 0 Å². The van der Waals surface area contributed by atoms with Crippen LogP contribution in [0.3, 0.4) is 0 Å². The summed E-state index contributed by atoms with van der Waals surface area (Å²) in [6.07, 6.45) is 0. The van der Waals surface area contributed by atoms with Gasteiger partial charge in [-0.1, -0.05) is 13.2 Å². The fourth-order valence-corrected chi connectivity index (χ4v) is 0.894. The average molecular weight is 225 g/mol. The maximum absolute atomic E-state index is 11.6. The second-order valence-electron chi connectivity index (χ2n) is 4.38. The van der Waals surface area contributed by atoms with Gasteiger partial charge in [-0.15, -0.1) is 0 Å². The quantitative estimate of drug-likeness (QED) is 0.449. The molecule has 0 aromatic heterocycles.